The molecule has 18 heavy (non-hydrogen) atoms. The van der Waals surface area contributed by atoms with Crippen molar-refractivity contribution in [2.45, 2.75) is 0 Å². The molecule has 0 fully saturated rings. The number of benzene rings is 2. The fourth-order valence-electron chi connectivity index (χ4n) is 1.71. The number of rotatable bonds is 3. The molecule has 0 aliphatic heterocycles. The van der Waals surface area contributed by atoms with Crippen LogP contribution in [-0.2, 0) is 4.79 Å². The van der Waals surface area contributed by atoms with E-state index in [4.69, 9.17) is 16.7 Å². The van der Waals surface area contributed by atoms with Crippen molar-refractivity contribution in [2.75, 3.05) is 0 Å². The van der Waals surface area contributed by atoms with Crippen LogP contribution in [0.15, 0.2) is 54.6 Å². The van der Waals surface area contributed by atoms with Crippen LogP contribution in [0.5, 0.6) is 0 Å². The summed E-state index contributed by atoms with van der Waals surface area (Å²) in [6, 6.07) is 15.2. The summed E-state index contributed by atoms with van der Waals surface area (Å²) < 4.78 is 0. The zero-order valence-corrected chi connectivity index (χ0v) is 10.3. The minimum absolute atomic E-state index is 0.583. The Labute approximate surface area is 110 Å². The van der Waals surface area contributed by atoms with Gasteiger partial charge in [0.25, 0.3) is 0 Å². The van der Waals surface area contributed by atoms with E-state index < -0.39 is 5.97 Å². The number of carbonyl (C=O) groups is 1. The number of hydrogen-bond acceptors (Lipinski definition) is 1. The van der Waals surface area contributed by atoms with Crippen molar-refractivity contribution in [2.24, 2.45) is 0 Å². The van der Waals surface area contributed by atoms with E-state index in [2.05, 4.69) is 0 Å². The molecule has 0 spiro atoms. The fraction of sp³-hybridized carbons (Fsp3) is 0. The van der Waals surface area contributed by atoms with Gasteiger partial charge >= 0.3 is 5.97 Å². The highest BCUT2D eigenvalue weighted by Crippen LogP contribution is 2.27. The third kappa shape index (κ3) is 2.99. The third-order valence-corrected chi connectivity index (χ3v) is 2.74. The normalized spacial score (nSPS) is 10.7. The molecule has 1 N–H and O–H groups in total. The minimum Gasteiger partial charge on any atom is -0.478 e. The summed E-state index contributed by atoms with van der Waals surface area (Å²) in [5.74, 6) is -0.978. The predicted octanol–water partition coefficient (Wildman–Crippen LogP) is 4.10. The highest BCUT2D eigenvalue weighted by atomic mass is 35.5. The molecule has 2 aromatic carbocycles. The highest BCUT2D eigenvalue weighted by molar-refractivity contribution is 6.30. The first-order valence-electron chi connectivity index (χ1n) is 5.43. The van der Waals surface area contributed by atoms with E-state index in [1.165, 1.54) is 0 Å². The van der Waals surface area contributed by atoms with Crippen LogP contribution in [0, 0.1) is 0 Å². The van der Waals surface area contributed by atoms with Crippen molar-refractivity contribution < 1.29 is 9.90 Å². The topological polar surface area (TPSA) is 37.3 Å². The van der Waals surface area contributed by atoms with Crippen LogP contribution in [0.2, 0.25) is 5.02 Å². The van der Waals surface area contributed by atoms with Crippen LogP contribution < -0.4 is 0 Å². The maximum absolute atomic E-state index is 10.6. The smallest absolute Gasteiger partial charge is 0.328 e. The van der Waals surface area contributed by atoms with Crippen LogP contribution >= 0.6 is 11.6 Å². The monoisotopic (exact) mass is 258 g/mol. The summed E-state index contributed by atoms with van der Waals surface area (Å²) in [7, 11) is 0. The quantitative estimate of drug-likeness (QED) is 0.842. The fourth-order valence-corrected chi connectivity index (χ4v) is 1.89. The molecule has 3 heteroatoms. The lowest BCUT2D eigenvalue weighted by Crippen LogP contribution is -1.88. The van der Waals surface area contributed by atoms with E-state index in [0.717, 1.165) is 22.8 Å². The molecule has 0 aliphatic carbocycles. The zero-order chi connectivity index (χ0) is 13.0. The van der Waals surface area contributed by atoms with E-state index in [9.17, 15) is 4.79 Å². The molecule has 0 bridgehead atoms. The summed E-state index contributed by atoms with van der Waals surface area (Å²) in [6.45, 7) is 0. The molecule has 0 unspecified atom stereocenters. The molecule has 2 aromatic rings. The van der Waals surface area contributed by atoms with Crippen LogP contribution in [-0.4, -0.2) is 11.1 Å². The van der Waals surface area contributed by atoms with E-state index in [0.29, 0.717) is 5.02 Å². The molecule has 90 valence electrons. The minimum atomic E-state index is -0.978. The van der Waals surface area contributed by atoms with E-state index >= 15 is 0 Å². The van der Waals surface area contributed by atoms with Crippen LogP contribution in [0.3, 0.4) is 0 Å². The number of halogens is 1. The van der Waals surface area contributed by atoms with Gasteiger partial charge in [-0.15, -0.1) is 0 Å². The van der Waals surface area contributed by atoms with Gasteiger partial charge in [0.1, 0.15) is 0 Å². The first-order chi connectivity index (χ1) is 8.66. The Balaban J connectivity index is 2.50. The van der Waals surface area contributed by atoms with Gasteiger partial charge in [-0.25, -0.2) is 4.79 Å². The molecule has 0 radical (unpaired) electrons. The van der Waals surface area contributed by atoms with Crippen molar-refractivity contribution in [3.63, 3.8) is 0 Å². The lowest BCUT2D eigenvalue weighted by Gasteiger charge is -2.06. The second-order valence-electron chi connectivity index (χ2n) is 3.77. The second-order valence-corrected chi connectivity index (χ2v) is 4.21. The van der Waals surface area contributed by atoms with Gasteiger partial charge in [-0.05, 0) is 34.9 Å². The average Bonchev–Trinajstić information content (AvgIpc) is 2.37. The van der Waals surface area contributed by atoms with Crippen LogP contribution in [0.25, 0.3) is 17.2 Å². The average molecular weight is 259 g/mol. The van der Waals surface area contributed by atoms with Crippen molar-refractivity contribution in [1.82, 2.24) is 0 Å². The first-order valence-corrected chi connectivity index (χ1v) is 5.80. The molecule has 0 saturated heterocycles. The predicted molar refractivity (Wildman–Crippen MR) is 73.6 cm³/mol. The second kappa shape index (κ2) is 5.52. The zero-order valence-electron chi connectivity index (χ0n) is 9.51. The largest absolute Gasteiger partial charge is 0.478 e. The van der Waals surface area contributed by atoms with Gasteiger partial charge in [0.15, 0.2) is 0 Å². The molecular weight excluding hydrogens is 248 g/mol. The van der Waals surface area contributed by atoms with Gasteiger partial charge in [0, 0.05) is 11.1 Å². The molecule has 0 amide bonds. The standard InChI is InChI=1S/C15H11ClO2/c16-13-7-8-14(11-4-2-1-3-5-11)12(10-13)6-9-15(17)18/h1-10H,(H,17,18)/b9-6+. The van der Waals surface area contributed by atoms with Gasteiger partial charge in [-0.1, -0.05) is 48.0 Å². The van der Waals surface area contributed by atoms with Crippen LogP contribution in [0.4, 0.5) is 0 Å². The molecular formula is C15H11ClO2. The Hall–Kier alpha value is -2.06. The molecule has 0 aromatic heterocycles. The van der Waals surface area contributed by atoms with E-state index in [1.54, 1.807) is 18.2 Å². The maximum atomic E-state index is 10.6. The summed E-state index contributed by atoms with van der Waals surface area (Å²) in [6.07, 6.45) is 2.66. The highest BCUT2D eigenvalue weighted by Gasteiger charge is 2.03. The summed E-state index contributed by atoms with van der Waals surface area (Å²) in [5.41, 5.74) is 2.77. The van der Waals surface area contributed by atoms with Crippen molar-refractivity contribution in [3.05, 3.63) is 65.2 Å². The van der Waals surface area contributed by atoms with E-state index in [-0.39, 0.29) is 0 Å². The van der Waals surface area contributed by atoms with Crippen molar-refractivity contribution >= 4 is 23.6 Å². The molecule has 0 heterocycles. The Bertz CT molecular complexity index is 589. The number of carboxylic acid groups (broad SMARTS) is 1. The third-order valence-electron chi connectivity index (χ3n) is 2.50. The van der Waals surface area contributed by atoms with Gasteiger partial charge in [0.05, 0.1) is 0 Å². The summed E-state index contributed by atoms with van der Waals surface area (Å²) in [5, 5.41) is 9.27. The van der Waals surface area contributed by atoms with Gasteiger partial charge in [-0.2, -0.15) is 0 Å². The lowest BCUT2D eigenvalue weighted by molar-refractivity contribution is -0.131. The Kier molecular flexibility index (Phi) is 3.80. The Morgan fingerprint density at radius 3 is 2.50 bits per heavy atom. The van der Waals surface area contributed by atoms with Gasteiger partial charge in [-0.3, -0.25) is 0 Å². The number of hydrogen-bond donors (Lipinski definition) is 1. The molecule has 0 atom stereocenters. The number of carboxylic acids is 1. The molecule has 0 aliphatic rings. The molecule has 2 nitrogen and oxygen atoms in total. The summed E-state index contributed by atoms with van der Waals surface area (Å²) in [4.78, 5) is 10.6. The molecule has 2 rings (SSSR count). The van der Waals surface area contributed by atoms with Gasteiger partial charge in [0.2, 0.25) is 0 Å². The first kappa shape index (κ1) is 12.4. The Morgan fingerprint density at radius 2 is 1.83 bits per heavy atom. The maximum Gasteiger partial charge on any atom is 0.328 e. The lowest BCUT2D eigenvalue weighted by atomic mass is 9.99. The SMILES string of the molecule is O=C(O)/C=C/c1cc(Cl)ccc1-c1ccccc1. The van der Waals surface area contributed by atoms with Crippen LogP contribution in [0.1, 0.15) is 5.56 Å². The van der Waals surface area contributed by atoms with Gasteiger partial charge < -0.3 is 5.11 Å². The van der Waals surface area contributed by atoms with Crippen molar-refractivity contribution in [3.8, 4) is 11.1 Å². The Morgan fingerprint density at radius 1 is 1.11 bits per heavy atom. The number of aliphatic carboxylic acids is 1. The summed E-state index contributed by atoms with van der Waals surface area (Å²) >= 11 is 5.94. The van der Waals surface area contributed by atoms with E-state index in [1.807, 2.05) is 36.4 Å². The van der Waals surface area contributed by atoms with Crippen molar-refractivity contribution in [1.29, 1.82) is 0 Å². The molecule has 0 saturated carbocycles.